The van der Waals surface area contributed by atoms with Crippen LogP contribution in [-0.4, -0.2) is 33.7 Å². The molecular weight excluding hydrogens is 355 g/mol. The number of carboxylic acid groups (broad SMARTS) is 1. The molecule has 0 saturated carbocycles. The highest BCUT2D eigenvalue weighted by Gasteiger charge is 2.46. The summed E-state index contributed by atoms with van der Waals surface area (Å²) in [5, 5.41) is 20.2. The van der Waals surface area contributed by atoms with Crippen LogP contribution in [0.3, 0.4) is 0 Å². The Morgan fingerprint density at radius 2 is 1.68 bits per heavy atom. The van der Waals surface area contributed by atoms with Crippen molar-refractivity contribution in [2.75, 3.05) is 11.9 Å². The van der Waals surface area contributed by atoms with Crippen molar-refractivity contribution in [2.45, 2.75) is 23.3 Å². The van der Waals surface area contributed by atoms with Crippen molar-refractivity contribution in [1.29, 1.82) is 0 Å². The van der Waals surface area contributed by atoms with E-state index in [2.05, 4.69) is 0 Å². The predicted octanol–water partition coefficient (Wildman–Crippen LogP) is 3.87. The standard InChI is InChI=1S/C19H21O4PS/c20-18(21)19(22,14-24-23)16(12-11-15-7-3-1-4-8-15)13-25-17-9-5-2-6-10-17/h1-10,16,22H,11-14H2,(H,20,21)/p+1. The molecule has 0 radical (unpaired) electrons. The van der Waals surface area contributed by atoms with Crippen LogP contribution in [0.25, 0.3) is 0 Å². The molecule has 0 bridgehead atoms. The van der Waals surface area contributed by atoms with Gasteiger partial charge in [-0.2, -0.15) is 0 Å². The number of rotatable bonds is 10. The molecular formula is C19H22O4PS+. The van der Waals surface area contributed by atoms with E-state index in [1.807, 2.05) is 60.7 Å². The zero-order chi connectivity index (χ0) is 18.1. The molecule has 0 aliphatic carbocycles. The zero-order valence-electron chi connectivity index (χ0n) is 13.8. The lowest BCUT2D eigenvalue weighted by atomic mass is 9.85. The largest absolute Gasteiger partial charge is 0.479 e. The molecule has 0 aromatic heterocycles. The zero-order valence-corrected chi connectivity index (χ0v) is 15.6. The van der Waals surface area contributed by atoms with Crippen molar-refractivity contribution in [2.24, 2.45) is 5.92 Å². The van der Waals surface area contributed by atoms with Crippen LogP contribution in [0.2, 0.25) is 0 Å². The fourth-order valence-electron chi connectivity index (χ4n) is 2.66. The van der Waals surface area contributed by atoms with Gasteiger partial charge in [-0.3, -0.25) is 0 Å². The van der Waals surface area contributed by atoms with E-state index >= 15 is 0 Å². The molecule has 2 rings (SSSR count). The molecule has 0 aliphatic rings. The first-order valence-corrected chi connectivity index (χ1v) is 10.2. The first-order valence-electron chi connectivity index (χ1n) is 8.09. The van der Waals surface area contributed by atoms with E-state index in [9.17, 15) is 19.6 Å². The maximum absolute atomic E-state index is 11.7. The van der Waals surface area contributed by atoms with Gasteiger partial charge in [0.15, 0.2) is 6.16 Å². The topological polar surface area (TPSA) is 74.6 Å². The number of hydrogen-bond donors (Lipinski definition) is 2. The van der Waals surface area contributed by atoms with Crippen LogP contribution in [0.1, 0.15) is 12.0 Å². The lowest BCUT2D eigenvalue weighted by molar-refractivity contribution is -0.161. The molecule has 0 amide bonds. The smallest absolute Gasteiger partial charge is 0.340 e. The van der Waals surface area contributed by atoms with Crippen molar-refractivity contribution in [3.63, 3.8) is 0 Å². The monoisotopic (exact) mass is 377 g/mol. The molecule has 0 saturated heterocycles. The molecule has 0 aliphatic heterocycles. The Balaban J connectivity index is 2.14. The van der Waals surface area contributed by atoms with E-state index in [4.69, 9.17) is 0 Å². The molecule has 2 aromatic rings. The molecule has 25 heavy (non-hydrogen) atoms. The second-order valence-corrected chi connectivity index (χ2v) is 7.63. The summed E-state index contributed by atoms with van der Waals surface area (Å²) < 4.78 is 11.1. The number of aliphatic hydroxyl groups is 1. The van der Waals surface area contributed by atoms with E-state index in [0.717, 1.165) is 10.5 Å². The summed E-state index contributed by atoms with van der Waals surface area (Å²) in [6.45, 7) is 0. The molecule has 0 heterocycles. The van der Waals surface area contributed by atoms with Gasteiger partial charge in [0.1, 0.15) is 0 Å². The van der Waals surface area contributed by atoms with Gasteiger partial charge in [0.25, 0.3) is 0 Å². The SMILES string of the molecule is O=[PH+]CC(O)(C(=O)O)C(CCc1ccccc1)CSc1ccccc1. The lowest BCUT2D eigenvalue weighted by Crippen LogP contribution is -2.49. The number of aliphatic carboxylic acids is 1. The maximum atomic E-state index is 11.7. The summed E-state index contributed by atoms with van der Waals surface area (Å²) in [6.07, 6.45) is 0.923. The summed E-state index contributed by atoms with van der Waals surface area (Å²) in [5.74, 6) is -1.36. The third-order valence-corrected chi connectivity index (χ3v) is 6.06. The van der Waals surface area contributed by atoms with E-state index in [1.165, 1.54) is 11.8 Å². The van der Waals surface area contributed by atoms with Crippen LogP contribution < -0.4 is 0 Å². The van der Waals surface area contributed by atoms with Gasteiger partial charge in [0.2, 0.25) is 5.60 Å². The average molecular weight is 377 g/mol. The quantitative estimate of drug-likeness (QED) is 0.486. The van der Waals surface area contributed by atoms with Crippen molar-refractivity contribution in [3.8, 4) is 0 Å². The molecule has 0 spiro atoms. The minimum atomic E-state index is -1.98. The number of hydrogen-bond acceptors (Lipinski definition) is 4. The lowest BCUT2D eigenvalue weighted by Gasteiger charge is -2.28. The third-order valence-electron chi connectivity index (χ3n) is 4.21. The van der Waals surface area contributed by atoms with Gasteiger partial charge in [0, 0.05) is 16.6 Å². The highest BCUT2D eigenvalue weighted by Crippen LogP contribution is 2.32. The van der Waals surface area contributed by atoms with Crippen LogP contribution in [-0.2, 0) is 15.8 Å². The van der Waals surface area contributed by atoms with Crippen molar-refractivity contribution < 1.29 is 19.6 Å². The minimum Gasteiger partial charge on any atom is -0.479 e. The number of carbonyl (C=O) groups is 1. The summed E-state index contributed by atoms with van der Waals surface area (Å²) in [4.78, 5) is 12.7. The minimum absolute atomic E-state index is 0.253. The Labute approximate surface area is 153 Å². The molecule has 3 atom stereocenters. The van der Waals surface area contributed by atoms with Gasteiger partial charge in [-0.1, -0.05) is 53.1 Å². The van der Waals surface area contributed by atoms with Gasteiger partial charge in [-0.05, 0) is 30.5 Å². The number of aryl methyl sites for hydroxylation is 1. The highest BCUT2D eigenvalue weighted by atomic mass is 32.2. The summed E-state index contributed by atoms with van der Waals surface area (Å²) in [7, 11) is -0.853. The molecule has 3 unspecified atom stereocenters. The van der Waals surface area contributed by atoms with Crippen molar-refractivity contribution in [1.82, 2.24) is 0 Å². The number of benzene rings is 2. The van der Waals surface area contributed by atoms with Crippen molar-refractivity contribution >= 4 is 26.2 Å². The fraction of sp³-hybridized carbons (Fsp3) is 0.316. The maximum Gasteiger partial charge on any atom is 0.340 e. The first-order chi connectivity index (χ1) is 12.1. The van der Waals surface area contributed by atoms with Crippen LogP contribution in [0.5, 0.6) is 0 Å². The normalized spacial score (nSPS) is 14.8. The Kier molecular flexibility index (Phi) is 7.63. The average Bonchev–Trinajstić information content (AvgIpc) is 2.63. The Morgan fingerprint density at radius 3 is 2.24 bits per heavy atom. The van der Waals surface area contributed by atoms with Gasteiger partial charge in [0.05, 0.1) is 0 Å². The highest BCUT2D eigenvalue weighted by molar-refractivity contribution is 7.99. The second-order valence-electron chi connectivity index (χ2n) is 5.90. The van der Waals surface area contributed by atoms with Gasteiger partial charge in [-0.25, -0.2) is 4.79 Å². The molecule has 6 heteroatoms. The first kappa shape index (κ1) is 19.6. The van der Waals surface area contributed by atoms with Gasteiger partial charge >= 0.3 is 14.4 Å². The molecule has 4 nitrogen and oxygen atoms in total. The molecule has 132 valence electrons. The molecule has 2 aromatic carbocycles. The van der Waals surface area contributed by atoms with Crippen LogP contribution in [0.15, 0.2) is 65.6 Å². The second kappa shape index (κ2) is 9.71. The predicted molar refractivity (Wildman–Crippen MR) is 102 cm³/mol. The fourth-order valence-corrected chi connectivity index (χ4v) is 4.51. The van der Waals surface area contributed by atoms with Crippen LogP contribution in [0.4, 0.5) is 0 Å². The summed E-state index contributed by atoms with van der Waals surface area (Å²) in [6, 6.07) is 19.4. The van der Waals surface area contributed by atoms with E-state index in [-0.39, 0.29) is 6.16 Å². The summed E-state index contributed by atoms with van der Waals surface area (Å²) in [5.41, 5.74) is -0.883. The molecule has 0 fully saturated rings. The molecule has 2 N–H and O–H groups in total. The van der Waals surface area contributed by atoms with Crippen molar-refractivity contribution in [3.05, 3.63) is 66.2 Å². The van der Waals surface area contributed by atoms with Crippen LogP contribution in [0, 0.1) is 5.92 Å². The Hall–Kier alpha value is -1.68. The Bertz CT molecular complexity index is 637. The van der Waals surface area contributed by atoms with E-state index in [0.29, 0.717) is 18.6 Å². The number of thioether (sulfide) groups is 1. The summed E-state index contributed by atoms with van der Waals surface area (Å²) >= 11 is 1.51. The van der Waals surface area contributed by atoms with E-state index in [1.54, 1.807) is 0 Å². The third kappa shape index (κ3) is 5.67. The van der Waals surface area contributed by atoms with Gasteiger partial charge < -0.3 is 10.2 Å². The van der Waals surface area contributed by atoms with E-state index < -0.39 is 25.9 Å². The Morgan fingerprint density at radius 1 is 1.08 bits per heavy atom. The van der Waals surface area contributed by atoms with Crippen LogP contribution >= 0.6 is 20.2 Å². The van der Waals surface area contributed by atoms with Gasteiger partial charge in [-0.15, -0.1) is 11.8 Å². The number of carboxylic acids is 1.